The number of piperidine rings is 1. The lowest BCUT2D eigenvalue weighted by molar-refractivity contribution is 0.0696. The fourth-order valence-corrected chi connectivity index (χ4v) is 4.70. The van der Waals surface area contributed by atoms with Gasteiger partial charge in [-0.15, -0.1) is 0 Å². The average molecular weight is 470 g/mol. The fourth-order valence-electron chi connectivity index (χ4n) is 4.58. The molecule has 3 N–H and O–H groups in total. The molecule has 178 valence electrons. The van der Waals surface area contributed by atoms with Gasteiger partial charge < -0.3 is 15.4 Å². The predicted octanol–water partition coefficient (Wildman–Crippen LogP) is 6.18. The second kappa shape index (κ2) is 12.2. The molecular formula is C27H36ClN3O2. The number of unbranched alkanes of at least 4 members (excludes halogenated alkanes) is 1. The molecule has 0 saturated carbocycles. The third kappa shape index (κ3) is 6.59. The van der Waals surface area contributed by atoms with E-state index in [-0.39, 0.29) is 12.1 Å². The molecule has 1 saturated heterocycles. The Kier molecular flexibility index (Phi) is 9.36. The number of hydrogen-bond donors (Lipinski definition) is 3. The van der Waals surface area contributed by atoms with Crippen LogP contribution in [-0.4, -0.2) is 28.7 Å². The van der Waals surface area contributed by atoms with Crippen LogP contribution in [0.1, 0.15) is 74.0 Å². The number of nitrogens with zero attached hydrogens (tertiary/aromatic N) is 1. The summed E-state index contributed by atoms with van der Waals surface area (Å²) >= 11 is 6.07. The summed E-state index contributed by atoms with van der Waals surface area (Å²) in [6.45, 7) is 7.90. The van der Waals surface area contributed by atoms with Crippen LogP contribution in [0.15, 0.2) is 60.3 Å². The number of benzene rings is 2. The zero-order valence-corrected chi connectivity index (χ0v) is 20.6. The number of carbonyl (C=O) groups is 1. The number of hydrogen-bond acceptors (Lipinski definition) is 4. The van der Waals surface area contributed by atoms with Gasteiger partial charge in [-0.1, -0.05) is 69.5 Å². The van der Waals surface area contributed by atoms with Gasteiger partial charge in [-0.05, 0) is 60.2 Å². The fraction of sp³-hybridized carbons (Fsp3) is 0.444. The molecule has 3 unspecified atom stereocenters. The zero-order valence-electron chi connectivity index (χ0n) is 19.9. The molecule has 1 fully saturated rings. The van der Waals surface area contributed by atoms with E-state index in [9.17, 15) is 9.90 Å². The highest BCUT2D eigenvalue weighted by Gasteiger charge is 2.36. The zero-order chi connectivity index (χ0) is 23.8. The number of rotatable bonds is 8. The van der Waals surface area contributed by atoms with Crippen molar-refractivity contribution in [3.63, 3.8) is 0 Å². The van der Waals surface area contributed by atoms with Gasteiger partial charge in [0, 0.05) is 29.9 Å². The van der Waals surface area contributed by atoms with Crippen LogP contribution >= 0.6 is 11.6 Å². The first-order valence-electron chi connectivity index (χ1n) is 12.1. The van der Waals surface area contributed by atoms with Crippen molar-refractivity contribution >= 4 is 17.6 Å². The first kappa shape index (κ1) is 25.3. The number of aromatic carboxylic acids is 1. The lowest BCUT2D eigenvalue weighted by atomic mass is 9.88. The van der Waals surface area contributed by atoms with Gasteiger partial charge in [0.2, 0.25) is 0 Å². The monoisotopic (exact) mass is 469 g/mol. The van der Waals surface area contributed by atoms with Gasteiger partial charge in [0.1, 0.15) is 0 Å². The average Bonchev–Trinajstić information content (AvgIpc) is 3.27. The lowest BCUT2D eigenvalue weighted by Crippen LogP contribution is -2.49. The van der Waals surface area contributed by atoms with Gasteiger partial charge in [0.05, 0.1) is 11.6 Å². The largest absolute Gasteiger partial charge is 0.478 e. The highest BCUT2D eigenvalue weighted by molar-refractivity contribution is 6.30. The molecule has 2 aliphatic heterocycles. The maximum atomic E-state index is 11.3. The Balaban J connectivity index is 0.00000149. The van der Waals surface area contributed by atoms with Crippen LogP contribution in [0.3, 0.4) is 0 Å². The Bertz CT molecular complexity index is 945. The first-order chi connectivity index (χ1) is 16.0. The van der Waals surface area contributed by atoms with Gasteiger partial charge in [-0.3, -0.25) is 0 Å². The molecule has 3 atom stereocenters. The highest BCUT2D eigenvalue weighted by atomic mass is 35.5. The Labute approximate surface area is 202 Å². The van der Waals surface area contributed by atoms with Crippen LogP contribution in [0.25, 0.3) is 0 Å². The van der Waals surface area contributed by atoms with Crippen molar-refractivity contribution in [2.75, 3.05) is 6.54 Å². The summed E-state index contributed by atoms with van der Waals surface area (Å²) in [6.07, 6.45) is 7.08. The molecule has 0 radical (unpaired) electrons. The number of carboxylic acid groups (broad SMARTS) is 1. The maximum absolute atomic E-state index is 11.3. The van der Waals surface area contributed by atoms with Gasteiger partial charge in [0.25, 0.3) is 0 Å². The van der Waals surface area contributed by atoms with Gasteiger partial charge in [-0.25, -0.2) is 10.2 Å². The minimum absolute atomic E-state index is 0.136. The summed E-state index contributed by atoms with van der Waals surface area (Å²) in [5.74, 6) is -0.268. The van der Waals surface area contributed by atoms with Crippen LogP contribution < -0.4 is 10.7 Å². The van der Waals surface area contributed by atoms with Crippen molar-refractivity contribution in [2.45, 2.75) is 65.1 Å². The summed E-state index contributed by atoms with van der Waals surface area (Å²) in [7, 11) is 0. The normalized spacial score (nSPS) is 21.6. The van der Waals surface area contributed by atoms with Crippen molar-refractivity contribution in [1.29, 1.82) is 0 Å². The van der Waals surface area contributed by atoms with Crippen molar-refractivity contribution < 1.29 is 9.90 Å². The first-order valence-corrected chi connectivity index (χ1v) is 12.5. The Morgan fingerprint density at radius 3 is 2.67 bits per heavy atom. The van der Waals surface area contributed by atoms with Gasteiger partial charge >= 0.3 is 5.97 Å². The molecule has 33 heavy (non-hydrogen) atoms. The third-order valence-electron chi connectivity index (χ3n) is 6.23. The summed E-state index contributed by atoms with van der Waals surface area (Å²) in [4.78, 5) is 11.3. The second-order valence-electron chi connectivity index (χ2n) is 8.54. The number of fused-ring (bicyclic) bond motifs is 1. The summed E-state index contributed by atoms with van der Waals surface area (Å²) in [5.41, 5.74) is 7.46. The molecule has 5 nitrogen and oxygen atoms in total. The number of halogens is 1. The molecular weight excluding hydrogens is 434 g/mol. The molecule has 2 heterocycles. The molecule has 0 amide bonds. The Hall–Kier alpha value is -2.34. The van der Waals surface area contributed by atoms with Crippen LogP contribution in [-0.2, 0) is 6.54 Å². The van der Waals surface area contributed by atoms with Crippen molar-refractivity contribution in [2.24, 2.45) is 5.92 Å². The van der Waals surface area contributed by atoms with Crippen molar-refractivity contribution in [1.82, 2.24) is 15.8 Å². The quantitative estimate of drug-likeness (QED) is 0.431. The second-order valence-corrected chi connectivity index (χ2v) is 8.98. The van der Waals surface area contributed by atoms with E-state index in [2.05, 4.69) is 40.9 Å². The van der Waals surface area contributed by atoms with E-state index in [4.69, 9.17) is 11.6 Å². The highest BCUT2D eigenvalue weighted by Crippen LogP contribution is 2.35. The molecule has 0 aliphatic carbocycles. The Morgan fingerprint density at radius 2 is 1.97 bits per heavy atom. The summed E-state index contributed by atoms with van der Waals surface area (Å²) < 4.78 is 0. The van der Waals surface area contributed by atoms with E-state index in [1.807, 2.05) is 38.1 Å². The van der Waals surface area contributed by atoms with E-state index in [1.165, 1.54) is 30.5 Å². The van der Waals surface area contributed by atoms with Crippen LogP contribution in [0.4, 0.5) is 0 Å². The summed E-state index contributed by atoms with van der Waals surface area (Å²) in [6, 6.07) is 15.6. The van der Waals surface area contributed by atoms with Gasteiger partial charge in [-0.2, -0.15) is 0 Å². The van der Waals surface area contributed by atoms with E-state index in [0.717, 1.165) is 23.6 Å². The predicted molar refractivity (Wildman–Crippen MR) is 135 cm³/mol. The molecule has 6 heteroatoms. The smallest absolute Gasteiger partial charge is 0.335 e. The number of carboxylic acids is 1. The molecule has 0 aromatic heterocycles. The van der Waals surface area contributed by atoms with Crippen LogP contribution in [0.5, 0.6) is 0 Å². The molecule has 0 bridgehead atoms. The Morgan fingerprint density at radius 1 is 1.21 bits per heavy atom. The van der Waals surface area contributed by atoms with E-state index < -0.39 is 5.97 Å². The lowest BCUT2D eigenvalue weighted by Gasteiger charge is -2.39. The SMILES string of the molecule is CC.CCCCC1CC(NCc2cccc(C(=O)O)c2)C2=CC(c3ccc(Cl)cc3)NN2C1. The third-order valence-corrected chi connectivity index (χ3v) is 6.48. The van der Waals surface area contributed by atoms with E-state index >= 15 is 0 Å². The van der Waals surface area contributed by atoms with Crippen molar-refractivity contribution in [3.8, 4) is 0 Å². The minimum atomic E-state index is -0.890. The maximum Gasteiger partial charge on any atom is 0.335 e. The molecule has 4 rings (SSSR count). The van der Waals surface area contributed by atoms with E-state index in [1.54, 1.807) is 12.1 Å². The standard InChI is InChI=1S/C25H30ClN3O2.C2H6/c1-2-3-5-18-13-23(27-15-17-6-4-7-20(12-17)25(30)31)24-14-22(28-29(24)16-18)19-8-10-21(26)11-9-19;1-2/h4,6-12,14,18,22-23,27-28H,2-3,5,13,15-16H2,1H3,(H,30,31);1-2H3. The molecule has 2 aliphatic rings. The van der Waals surface area contributed by atoms with Crippen LogP contribution in [0.2, 0.25) is 5.02 Å². The summed E-state index contributed by atoms with van der Waals surface area (Å²) in [5, 5.41) is 16.0. The van der Waals surface area contributed by atoms with Crippen molar-refractivity contribution in [3.05, 3.63) is 82.0 Å². The number of hydrazine groups is 1. The topological polar surface area (TPSA) is 64.6 Å². The van der Waals surface area contributed by atoms with E-state index in [0.29, 0.717) is 18.0 Å². The molecule has 0 spiro atoms. The minimum Gasteiger partial charge on any atom is -0.478 e. The molecule has 2 aromatic rings. The number of nitrogens with one attached hydrogen (secondary N) is 2. The van der Waals surface area contributed by atoms with Crippen LogP contribution in [0, 0.1) is 5.92 Å². The van der Waals surface area contributed by atoms with Gasteiger partial charge in [0.15, 0.2) is 0 Å². The molecule has 2 aromatic carbocycles.